The van der Waals surface area contributed by atoms with Crippen molar-refractivity contribution in [3.05, 3.63) is 64.7 Å². The monoisotopic (exact) mass is 336 g/mol. The predicted octanol–water partition coefficient (Wildman–Crippen LogP) is 3.49. The Labute approximate surface area is 149 Å². The van der Waals surface area contributed by atoms with Crippen molar-refractivity contribution in [1.82, 2.24) is 4.90 Å². The molecule has 1 aliphatic heterocycles. The molecule has 0 unspecified atom stereocenters. The van der Waals surface area contributed by atoms with Crippen LogP contribution >= 0.6 is 0 Å². The molecule has 1 fully saturated rings. The average Bonchev–Trinajstić information content (AvgIpc) is 2.57. The molecule has 1 saturated heterocycles. The summed E-state index contributed by atoms with van der Waals surface area (Å²) in [5, 5.41) is 0. The molecule has 1 heterocycles. The number of hydrogen-bond donors (Lipinski definition) is 0. The Bertz CT molecular complexity index is 828. The van der Waals surface area contributed by atoms with Crippen molar-refractivity contribution in [2.24, 2.45) is 0 Å². The topological polar surface area (TPSA) is 40.6 Å². The zero-order valence-electron chi connectivity index (χ0n) is 15.2. The molecule has 1 aliphatic rings. The Morgan fingerprint density at radius 2 is 1.72 bits per heavy atom. The van der Waals surface area contributed by atoms with E-state index in [-0.39, 0.29) is 11.8 Å². The van der Waals surface area contributed by atoms with Crippen molar-refractivity contribution in [2.75, 3.05) is 18.0 Å². The number of nitrogens with zero attached hydrogens (tertiary/aromatic N) is 2. The van der Waals surface area contributed by atoms with Crippen molar-refractivity contribution in [2.45, 2.75) is 33.7 Å². The van der Waals surface area contributed by atoms with E-state index in [4.69, 9.17) is 0 Å². The summed E-state index contributed by atoms with van der Waals surface area (Å²) in [6, 6.07) is 13.1. The van der Waals surface area contributed by atoms with Crippen LogP contribution in [0.25, 0.3) is 0 Å². The lowest BCUT2D eigenvalue weighted by atomic mass is 10.0. The van der Waals surface area contributed by atoms with Gasteiger partial charge in [0.1, 0.15) is 6.04 Å². The lowest BCUT2D eigenvalue weighted by Gasteiger charge is -2.39. The minimum absolute atomic E-state index is 0.0285. The van der Waals surface area contributed by atoms with Gasteiger partial charge in [0.15, 0.2) is 0 Å². The number of benzene rings is 2. The van der Waals surface area contributed by atoms with Crippen LogP contribution in [0.15, 0.2) is 42.5 Å². The smallest absolute Gasteiger partial charge is 0.254 e. The lowest BCUT2D eigenvalue weighted by Crippen LogP contribution is -2.58. The molecule has 130 valence electrons. The summed E-state index contributed by atoms with van der Waals surface area (Å²) in [6.45, 7) is 8.89. The number of aryl methyl sites for hydroxylation is 3. The molecule has 0 N–H and O–H groups in total. The number of carbonyl (C=O) groups is 2. The number of hydrogen-bond acceptors (Lipinski definition) is 2. The van der Waals surface area contributed by atoms with Crippen molar-refractivity contribution >= 4 is 17.5 Å². The van der Waals surface area contributed by atoms with Gasteiger partial charge >= 0.3 is 0 Å². The SMILES string of the molecule is Cc1cccc(C(=O)N2CCN(c3ccc(C)cc3C)C(=O)[C@H]2C)c1. The first-order chi connectivity index (χ1) is 11.9. The Morgan fingerprint density at radius 3 is 2.40 bits per heavy atom. The summed E-state index contributed by atoms with van der Waals surface area (Å²) in [4.78, 5) is 29.2. The maximum Gasteiger partial charge on any atom is 0.254 e. The molecular weight excluding hydrogens is 312 g/mol. The van der Waals surface area contributed by atoms with E-state index in [9.17, 15) is 9.59 Å². The first-order valence-corrected chi connectivity index (χ1v) is 8.65. The Hall–Kier alpha value is -2.62. The van der Waals surface area contributed by atoms with Gasteiger partial charge in [-0.2, -0.15) is 0 Å². The van der Waals surface area contributed by atoms with Gasteiger partial charge in [-0.25, -0.2) is 0 Å². The first-order valence-electron chi connectivity index (χ1n) is 8.65. The Morgan fingerprint density at radius 1 is 1.00 bits per heavy atom. The van der Waals surface area contributed by atoms with Crippen LogP contribution in [0.1, 0.15) is 34.0 Å². The normalized spacial score (nSPS) is 17.8. The number of rotatable bonds is 2. The predicted molar refractivity (Wildman–Crippen MR) is 99.9 cm³/mol. The number of carbonyl (C=O) groups excluding carboxylic acids is 2. The van der Waals surface area contributed by atoms with Gasteiger partial charge in [-0.1, -0.05) is 35.4 Å². The molecule has 4 heteroatoms. The van der Waals surface area contributed by atoms with E-state index in [1.807, 2.05) is 64.1 Å². The fourth-order valence-electron chi connectivity index (χ4n) is 3.44. The fourth-order valence-corrected chi connectivity index (χ4v) is 3.44. The van der Waals surface area contributed by atoms with Gasteiger partial charge in [-0.3, -0.25) is 9.59 Å². The molecular formula is C21H24N2O2. The fraction of sp³-hybridized carbons (Fsp3) is 0.333. The number of piperazine rings is 1. The minimum atomic E-state index is -0.470. The van der Waals surface area contributed by atoms with E-state index in [2.05, 4.69) is 6.07 Å². The van der Waals surface area contributed by atoms with Gasteiger partial charge in [-0.05, 0) is 51.5 Å². The average molecular weight is 336 g/mol. The molecule has 0 bridgehead atoms. The summed E-state index contributed by atoms with van der Waals surface area (Å²) < 4.78 is 0. The van der Waals surface area contributed by atoms with Crippen LogP contribution in [0.5, 0.6) is 0 Å². The molecule has 2 aromatic rings. The molecule has 0 radical (unpaired) electrons. The molecule has 0 spiro atoms. The summed E-state index contributed by atoms with van der Waals surface area (Å²) in [7, 11) is 0. The third kappa shape index (κ3) is 3.29. The van der Waals surface area contributed by atoms with Crippen LogP contribution in [-0.2, 0) is 4.79 Å². The van der Waals surface area contributed by atoms with E-state index in [1.54, 1.807) is 9.80 Å². The largest absolute Gasteiger partial charge is 0.325 e. The van der Waals surface area contributed by atoms with Gasteiger partial charge in [0.05, 0.1) is 0 Å². The van der Waals surface area contributed by atoms with Crippen LogP contribution < -0.4 is 4.90 Å². The standard InChI is InChI=1S/C21H24N2O2/c1-14-6-5-7-18(13-14)21(25)22-10-11-23(20(24)17(22)4)19-9-8-15(2)12-16(19)3/h5-9,12-13,17H,10-11H2,1-4H3/t17-/m1/s1. The van der Waals surface area contributed by atoms with Crippen LogP contribution in [0.2, 0.25) is 0 Å². The maximum atomic E-state index is 12.9. The highest BCUT2D eigenvalue weighted by Crippen LogP contribution is 2.25. The highest BCUT2D eigenvalue weighted by molar-refractivity contribution is 6.03. The second kappa shape index (κ2) is 6.71. The highest BCUT2D eigenvalue weighted by atomic mass is 16.2. The molecule has 0 aliphatic carbocycles. The minimum Gasteiger partial charge on any atom is -0.325 e. The van der Waals surface area contributed by atoms with E-state index in [1.165, 1.54) is 5.56 Å². The Kier molecular flexibility index (Phi) is 4.62. The van der Waals surface area contributed by atoms with Crippen molar-refractivity contribution in [3.8, 4) is 0 Å². The van der Waals surface area contributed by atoms with Gasteiger partial charge < -0.3 is 9.80 Å². The zero-order chi connectivity index (χ0) is 18.1. The number of anilines is 1. The van der Waals surface area contributed by atoms with E-state index < -0.39 is 6.04 Å². The number of amides is 2. The van der Waals surface area contributed by atoms with Crippen molar-refractivity contribution < 1.29 is 9.59 Å². The summed E-state index contributed by atoms with van der Waals surface area (Å²) >= 11 is 0. The third-order valence-electron chi connectivity index (χ3n) is 4.82. The van der Waals surface area contributed by atoms with Gasteiger partial charge in [-0.15, -0.1) is 0 Å². The molecule has 25 heavy (non-hydrogen) atoms. The van der Waals surface area contributed by atoms with E-state index in [0.29, 0.717) is 18.7 Å². The Balaban J connectivity index is 1.83. The molecule has 3 rings (SSSR count). The molecule has 1 atom stereocenters. The van der Waals surface area contributed by atoms with E-state index >= 15 is 0 Å². The van der Waals surface area contributed by atoms with Crippen LogP contribution in [0, 0.1) is 20.8 Å². The molecule has 0 aromatic heterocycles. The second-order valence-corrected chi connectivity index (χ2v) is 6.82. The third-order valence-corrected chi connectivity index (χ3v) is 4.82. The maximum absolute atomic E-state index is 12.9. The molecule has 0 saturated carbocycles. The highest BCUT2D eigenvalue weighted by Gasteiger charge is 2.35. The van der Waals surface area contributed by atoms with Gasteiger partial charge in [0, 0.05) is 24.3 Å². The van der Waals surface area contributed by atoms with Crippen LogP contribution in [-0.4, -0.2) is 35.8 Å². The molecule has 4 nitrogen and oxygen atoms in total. The van der Waals surface area contributed by atoms with Crippen molar-refractivity contribution in [1.29, 1.82) is 0 Å². The lowest BCUT2D eigenvalue weighted by molar-refractivity contribution is -0.124. The zero-order valence-corrected chi connectivity index (χ0v) is 15.2. The van der Waals surface area contributed by atoms with Crippen LogP contribution in [0.3, 0.4) is 0 Å². The van der Waals surface area contributed by atoms with E-state index in [0.717, 1.165) is 16.8 Å². The van der Waals surface area contributed by atoms with Crippen LogP contribution in [0.4, 0.5) is 5.69 Å². The first kappa shape index (κ1) is 17.2. The summed E-state index contributed by atoms with van der Waals surface area (Å²) in [5.74, 6) is -0.107. The quantitative estimate of drug-likeness (QED) is 0.842. The second-order valence-electron chi connectivity index (χ2n) is 6.82. The van der Waals surface area contributed by atoms with Gasteiger partial charge in [0.25, 0.3) is 5.91 Å². The molecule has 2 amide bonds. The molecule has 2 aromatic carbocycles. The van der Waals surface area contributed by atoms with Crippen molar-refractivity contribution in [3.63, 3.8) is 0 Å². The summed E-state index contributed by atoms with van der Waals surface area (Å²) in [6.07, 6.45) is 0. The summed E-state index contributed by atoms with van der Waals surface area (Å²) in [5.41, 5.74) is 4.87. The van der Waals surface area contributed by atoms with Gasteiger partial charge in [0.2, 0.25) is 5.91 Å².